The lowest BCUT2D eigenvalue weighted by Gasteiger charge is -2.49. The molecular formula is C11H22N2O2. The number of carbonyl (C=O) groups is 1. The summed E-state index contributed by atoms with van der Waals surface area (Å²) in [6.07, 6.45) is 0.375. The topological polar surface area (TPSA) is 52.6 Å². The Morgan fingerprint density at radius 3 is 2.33 bits per heavy atom. The molecule has 2 N–H and O–H groups in total. The summed E-state index contributed by atoms with van der Waals surface area (Å²) in [6, 6.07) is 0.0746. The van der Waals surface area contributed by atoms with E-state index >= 15 is 0 Å². The van der Waals surface area contributed by atoms with Crippen LogP contribution in [0.3, 0.4) is 0 Å². The first kappa shape index (κ1) is 12.3. The van der Waals surface area contributed by atoms with Gasteiger partial charge in [-0.1, -0.05) is 13.8 Å². The van der Waals surface area contributed by atoms with E-state index in [0.29, 0.717) is 6.42 Å². The van der Waals surface area contributed by atoms with Crippen LogP contribution in [0, 0.1) is 5.41 Å². The molecule has 4 nitrogen and oxygen atoms in total. The van der Waals surface area contributed by atoms with Crippen molar-refractivity contribution in [2.24, 2.45) is 5.41 Å². The van der Waals surface area contributed by atoms with Crippen molar-refractivity contribution in [3.8, 4) is 0 Å². The lowest BCUT2D eigenvalue weighted by molar-refractivity contribution is -0.0688. The standard InChI is InChI=1S/C11H22N2O2/c1-5-13(6-2)10(15)12-8-7-9(14)11(8,3)4/h8-9,14H,5-7H2,1-4H3,(H,12,15). The highest BCUT2D eigenvalue weighted by Crippen LogP contribution is 2.40. The van der Waals surface area contributed by atoms with Crippen LogP contribution >= 0.6 is 0 Å². The molecule has 15 heavy (non-hydrogen) atoms. The van der Waals surface area contributed by atoms with Crippen molar-refractivity contribution in [1.82, 2.24) is 10.2 Å². The molecule has 1 aliphatic rings. The van der Waals surface area contributed by atoms with Crippen molar-refractivity contribution in [3.63, 3.8) is 0 Å². The molecule has 0 aliphatic heterocycles. The molecule has 1 fully saturated rings. The third kappa shape index (κ3) is 2.25. The number of amides is 2. The lowest BCUT2D eigenvalue weighted by atomic mass is 9.64. The fourth-order valence-corrected chi connectivity index (χ4v) is 1.90. The van der Waals surface area contributed by atoms with Gasteiger partial charge in [0.05, 0.1) is 6.10 Å². The van der Waals surface area contributed by atoms with E-state index in [1.54, 1.807) is 4.90 Å². The third-order valence-corrected chi connectivity index (χ3v) is 3.56. The summed E-state index contributed by atoms with van der Waals surface area (Å²) in [7, 11) is 0. The van der Waals surface area contributed by atoms with E-state index < -0.39 is 0 Å². The SMILES string of the molecule is CCN(CC)C(=O)NC1CC(O)C1(C)C. The van der Waals surface area contributed by atoms with E-state index in [1.807, 2.05) is 27.7 Å². The Morgan fingerprint density at radius 2 is 2.00 bits per heavy atom. The van der Waals surface area contributed by atoms with Crippen molar-refractivity contribution in [2.75, 3.05) is 13.1 Å². The summed E-state index contributed by atoms with van der Waals surface area (Å²) in [5.74, 6) is 0. The van der Waals surface area contributed by atoms with Crippen molar-refractivity contribution in [1.29, 1.82) is 0 Å². The fourth-order valence-electron chi connectivity index (χ4n) is 1.90. The first-order valence-corrected chi connectivity index (χ1v) is 5.67. The predicted octanol–water partition coefficient (Wildman–Crippen LogP) is 1.20. The highest BCUT2D eigenvalue weighted by atomic mass is 16.3. The largest absolute Gasteiger partial charge is 0.392 e. The van der Waals surface area contributed by atoms with Crippen molar-refractivity contribution in [2.45, 2.75) is 46.3 Å². The Balaban J connectivity index is 2.46. The quantitative estimate of drug-likeness (QED) is 0.741. The third-order valence-electron chi connectivity index (χ3n) is 3.56. The zero-order valence-corrected chi connectivity index (χ0v) is 10.1. The van der Waals surface area contributed by atoms with Crippen LogP contribution in [0.1, 0.15) is 34.1 Å². The van der Waals surface area contributed by atoms with Gasteiger partial charge in [-0.25, -0.2) is 4.79 Å². The Bertz CT molecular complexity index is 237. The lowest BCUT2D eigenvalue weighted by Crippen LogP contribution is -2.62. The Labute approximate surface area is 91.6 Å². The van der Waals surface area contributed by atoms with E-state index in [-0.39, 0.29) is 23.6 Å². The summed E-state index contributed by atoms with van der Waals surface area (Å²) in [5.41, 5.74) is -0.192. The second-order valence-electron chi connectivity index (χ2n) is 4.75. The summed E-state index contributed by atoms with van der Waals surface area (Å²) < 4.78 is 0. The molecule has 2 atom stereocenters. The van der Waals surface area contributed by atoms with Gasteiger partial charge in [-0.3, -0.25) is 0 Å². The van der Waals surface area contributed by atoms with Gasteiger partial charge in [0.2, 0.25) is 0 Å². The van der Waals surface area contributed by atoms with Crippen LogP contribution in [0.5, 0.6) is 0 Å². The number of urea groups is 1. The van der Waals surface area contributed by atoms with Crippen LogP contribution in [0.15, 0.2) is 0 Å². The van der Waals surface area contributed by atoms with Crippen molar-refractivity contribution >= 4 is 6.03 Å². The van der Waals surface area contributed by atoms with E-state index in [9.17, 15) is 9.90 Å². The molecule has 2 unspecified atom stereocenters. The zero-order valence-electron chi connectivity index (χ0n) is 10.1. The summed E-state index contributed by atoms with van der Waals surface area (Å²) in [4.78, 5) is 13.5. The molecule has 88 valence electrons. The smallest absolute Gasteiger partial charge is 0.317 e. The molecule has 0 radical (unpaired) electrons. The van der Waals surface area contributed by atoms with Crippen LogP contribution in [0.25, 0.3) is 0 Å². The molecular weight excluding hydrogens is 192 g/mol. The van der Waals surface area contributed by atoms with Crippen molar-refractivity contribution < 1.29 is 9.90 Å². The van der Waals surface area contributed by atoms with Crippen molar-refractivity contribution in [3.05, 3.63) is 0 Å². The second-order valence-corrected chi connectivity index (χ2v) is 4.75. The maximum absolute atomic E-state index is 11.7. The molecule has 2 amide bonds. The molecule has 4 heteroatoms. The van der Waals surface area contributed by atoms with Gasteiger partial charge in [0, 0.05) is 24.5 Å². The minimum atomic E-state index is -0.292. The van der Waals surface area contributed by atoms with E-state index in [4.69, 9.17) is 0 Å². The maximum Gasteiger partial charge on any atom is 0.317 e. The van der Waals surface area contributed by atoms with E-state index in [0.717, 1.165) is 13.1 Å². The molecule has 1 saturated carbocycles. The molecule has 0 aromatic carbocycles. The van der Waals surface area contributed by atoms with E-state index in [1.165, 1.54) is 0 Å². The molecule has 0 saturated heterocycles. The molecule has 0 heterocycles. The number of rotatable bonds is 3. The Hall–Kier alpha value is -0.770. The first-order chi connectivity index (χ1) is 6.93. The number of hydrogen-bond donors (Lipinski definition) is 2. The fraction of sp³-hybridized carbons (Fsp3) is 0.909. The zero-order chi connectivity index (χ0) is 11.6. The Kier molecular flexibility index (Phi) is 3.60. The van der Waals surface area contributed by atoms with Gasteiger partial charge in [-0.05, 0) is 20.3 Å². The average molecular weight is 214 g/mol. The highest BCUT2D eigenvalue weighted by Gasteiger charge is 2.48. The molecule has 1 aliphatic carbocycles. The molecule has 0 aromatic heterocycles. The van der Waals surface area contributed by atoms with Gasteiger partial charge in [0.1, 0.15) is 0 Å². The van der Waals surface area contributed by atoms with Gasteiger partial charge in [0.15, 0.2) is 0 Å². The molecule has 0 bridgehead atoms. The van der Waals surface area contributed by atoms with Gasteiger partial charge in [0.25, 0.3) is 0 Å². The van der Waals surface area contributed by atoms with Gasteiger partial charge in [-0.15, -0.1) is 0 Å². The summed E-state index contributed by atoms with van der Waals surface area (Å²) in [6.45, 7) is 9.33. The maximum atomic E-state index is 11.7. The summed E-state index contributed by atoms with van der Waals surface area (Å²) in [5, 5.41) is 12.5. The predicted molar refractivity (Wildman–Crippen MR) is 59.6 cm³/mol. The number of carbonyl (C=O) groups excluding carboxylic acids is 1. The van der Waals surface area contributed by atoms with Crippen LogP contribution in [-0.4, -0.2) is 41.3 Å². The number of nitrogens with one attached hydrogen (secondary N) is 1. The number of hydrogen-bond acceptors (Lipinski definition) is 2. The summed E-state index contributed by atoms with van der Waals surface area (Å²) >= 11 is 0. The minimum Gasteiger partial charge on any atom is -0.392 e. The molecule has 0 aromatic rings. The van der Waals surface area contributed by atoms with Gasteiger partial charge >= 0.3 is 6.03 Å². The van der Waals surface area contributed by atoms with Crippen LogP contribution in [-0.2, 0) is 0 Å². The number of aliphatic hydroxyl groups is 1. The molecule has 1 rings (SSSR count). The van der Waals surface area contributed by atoms with Crippen LogP contribution in [0.2, 0.25) is 0 Å². The average Bonchev–Trinajstić information content (AvgIpc) is 2.19. The highest BCUT2D eigenvalue weighted by molar-refractivity contribution is 5.74. The van der Waals surface area contributed by atoms with E-state index in [2.05, 4.69) is 5.32 Å². The Morgan fingerprint density at radius 1 is 1.47 bits per heavy atom. The van der Waals surface area contributed by atoms with Gasteiger partial charge < -0.3 is 15.3 Å². The monoisotopic (exact) mass is 214 g/mol. The van der Waals surface area contributed by atoms with Gasteiger partial charge in [-0.2, -0.15) is 0 Å². The molecule has 0 spiro atoms. The normalized spacial score (nSPS) is 28.1. The van der Waals surface area contributed by atoms with Crippen LogP contribution in [0.4, 0.5) is 4.79 Å². The second kappa shape index (κ2) is 4.39. The van der Waals surface area contributed by atoms with Crippen LogP contribution < -0.4 is 5.32 Å². The number of nitrogens with zero attached hydrogens (tertiary/aromatic N) is 1. The number of aliphatic hydroxyl groups excluding tert-OH is 1. The first-order valence-electron chi connectivity index (χ1n) is 5.67. The minimum absolute atomic E-state index is 0.0232.